The molecule has 0 atom stereocenters. The zero-order valence-corrected chi connectivity index (χ0v) is 37.6. The van der Waals surface area contributed by atoms with Crippen LogP contribution >= 0.6 is 0 Å². The normalized spacial score (nSPS) is 12.5. The van der Waals surface area contributed by atoms with E-state index in [1.165, 1.54) is 33.0 Å². The number of fused-ring (bicyclic) bond motifs is 3. The zero-order chi connectivity index (χ0) is 42.9. The summed E-state index contributed by atoms with van der Waals surface area (Å²) < 4.78 is 29.9. The van der Waals surface area contributed by atoms with E-state index in [-0.39, 0.29) is 25.5 Å². The van der Waals surface area contributed by atoms with Gasteiger partial charge in [-0.1, -0.05) is 167 Å². The summed E-state index contributed by atoms with van der Waals surface area (Å²) in [7, 11) is -1.40. The number of rotatable bonds is 6. The molecule has 9 aromatic rings. The van der Waals surface area contributed by atoms with Gasteiger partial charge in [-0.3, -0.25) is 0 Å². The number of nitrogens with zero attached hydrogens (tertiary/aromatic N) is 2. The quantitative estimate of drug-likeness (QED) is 0.123. The van der Waals surface area contributed by atoms with Gasteiger partial charge in [0.2, 0.25) is 0 Å². The van der Waals surface area contributed by atoms with Gasteiger partial charge in [-0.05, 0) is 79.6 Å². The van der Waals surface area contributed by atoms with Gasteiger partial charge in [-0.15, -0.1) is 47.5 Å². The topological polar surface area (TPSA) is 38.9 Å². The third kappa shape index (κ3) is 9.14. The summed E-state index contributed by atoms with van der Waals surface area (Å²) in [5, 5.41) is 3.48. The van der Waals surface area contributed by atoms with Crippen molar-refractivity contribution < 1.29 is 28.6 Å². The number of benzene rings is 6. The summed E-state index contributed by atoms with van der Waals surface area (Å²) in [5.74, 6) is 0. The Hall–Kier alpha value is -5.71. The van der Waals surface area contributed by atoms with Crippen molar-refractivity contribution in [2.24, 2.45) is 0 Å². The fourth-order valence-corrected chi connectivity index (χ4v) is 8.18. The second kappa shape index (κ2) is 17.3. The minimum atomic E-state index is -2.19. The minimum Gasteiger partial charge on any atom is -0.501 e. The number of hydrogen-bond donors (Lipinski definition) is 0. The molecule has 0 aliphatic carbocycles. The summed E-state index contributed by atoms with van der Waals surface area (Å²) in [4.78, 5) is 9.26. The molecule has 3 aromatic heterocycles. The summed E-state index contributed by atoms with van der Waals surface area (Å²) >= 11 is 0. The molecule has 295 valence electrons. The van der Waals surface area contributed by atoms with E-state index in [1.807, 2.05) is 67.0 Å². The molecule has 0 N–H and O–H groups in total. The Morgan fingerprint density at radius 3 is 2.00 bits per heavy atom. The first kappa shape index (κ1) is 37.5. The molecular formula is C54H48IrN2OSi-2. The fraction of sp³-hybridized carbons (Fsp3) is 0.148. The van der Waals surface area contributed by atoms with Crippen LogP contribution in [0.2, 0.25) is 19.6 Å². The number of aryl methyl sites for hydroxylation is 1. The third-order valence-electron chi connectivity index (χ3n) is 10.6. The van der Waals surface area contributed by atoms with Gasteiger partial charge in [-0.2, -0.15) is 0 Å². The summed E-state index contributed by atoms with van der Waals surface area (Å²) in [6.07, 6.45) is 3.82. The zero-order valence-electron chi connectivity index (χ0n) is 37.2. The largest absolute Gasteiger partial charge is 0.501 e. The SMILES string of the molecule is CC(C)(C)c1ccnc(-c2[c-]ccc3c2oc2ccc(-c4cccc(-c5ccccc5)c4)cc23)c1.[2H]C([2H])([2H])c1c[c-]c(-c2ccc([Si](C)(C)C)cn2)cc1-c1ccccc1.[Ir]. The molecular weight excluding hydrogens is 913 g/mol. The number of pyridine rings is 2. The summed E-state index contributed by atoms with van der Waals surface area (Å²) in [6.45, 7) is 11.3. The predicted octanol–water partition coefficient (Wildman–Crippen LogP) is 14.1. The Labute approximate surface area is 367 Å². The average molecular weight is 964 g/mol. The van der Waals surface area contributed by atoms with Crippen LogP contribution in [0.25, 0.3) is 77.8 Å². The monoisotopic (exact) mass is 964 g/mol. The van der Waals surface area contributed by atoms with Gasteiger partial charge in [0.15, 0.2) is 0 Å². The number of furan rings is 1. The molecule has 0 amide bonds. The maximum Gasteiger partial charge on any atom is 0.120 e. The van der Waals surface area contributed by atoms with E-state index < -0.39 is 14.9 Å². The molecule has 3 nitrogen and oxygen atoms in total. The minimum absolute atomic E-state index is 0. The van der Waals surface area contributed by atoms with Crippen molar-refractivity contribution in [1.82, 2.24) is 9.97 Å². The van der Waals surface area contributed by atoms with Crippen LogP contribution in [0.5, 0.6) is 0 Å². The van der Waals surface area contributed by atoms with Gasteiger partial charge in [0.25, 0.3) is 0 Å². The Kier molecular flexibility index (Phi) is 11.0. The maximum absolute atomic E-state index is 7.84. The second-order valence-electron chi connectivity index (χ2n) is 16.8. The van der Waals surface area contributed by atoms with E-state index in [2.05, 4.69) is 154 Å². The van der Waals surface area contributed by atoms with E-state index in [1.54, 1.807) is 6.07 Å². The Bertz CT molecular complexity index is 2970. The molecule has 9 rings (SSSR count). The van der Waals surface area contributed by atoms with Crippen LogP contribution in [0.1, 0.15) is 36.0 Å². The summed E-state index contributed by atoms with van der Waals surface area (Å²) in [6, 6.07) is 57.6. The summed E-state index contributed by atoms with van der Waals surface area (Å²) in [5.41, 5.74) is 13.1. The van der Waals surface area contributed by atoms with Gasteiger partial charge in [0, 0.05) is 42.0 Å². The van der Waals surface area contributed by atoms with Crippen molar-refractivity contribution in [1.29, 1.82) is 0 Å². The van der Waals surface area contributed by atoms with E-state index in [0.717, 1.165) is 50.0 Å². The van der Waals surface area contributed by atoms with E-state index >= 15 is 0 Å². The van der Waals surface area contributed by atoms with Gasteiger partial charge in [0.1, 0.15) is 5.58 Å². The van der Waals surface area contributed by atoms with Gasteiger partial charge < -0.3 is 14.4 Å². The second-order valence-corrected chi connectivity index (χ2v) is 21.8. The van der Waals surface area contributed by atoms with Gasteiger partial charge in [-0.25, -0.2) is 0 Å². The van der Waals surface area contributed by atoms with Gasteiger partial charge >= 0.3 is 0 Å². The molecule has 0 unspecified atom stereocenters. The van der Waals surface area contributed by atoms with Crippen molar-refractivity contribution in [3.8, 4) is 55.9 Å². The van der Waals surface area contributed by atoms with E-state index in [4.69, 9.17) is 8.53 Å². The maximum atomic E-state index is 7.84. The van der Waals surface area contributed by atoms with Crippen LogP contribution < -0.4 is 5.19 Å². The van der Waals surface area contributed by atoms with E-state index in [0.29, 0.717) is 11.1 Å². The smallest absolute Gasteiger partial charge is 0.120 e. The van der Waals surface area contributed by atoms with Crippen molar-refractivity contribution in [2.45, 2.75) is 52.7 Å². The average Bonchev–Trinajstić information content (AvgIpc) is 3.65. The first-order valence-corrected chi connectivity index (χ1v) is 23.2. The van der Waals surface area contributed by atoms with Crippen molar-refractivity contribution in [2.75, 3.05) is 0 Å². The Balaban J connectivity index is 0.000000192. The molecule has 0 aliphatic rings. The molecule has 5 heteroatoms. The Morgan fingerprint density at radius 2 is 1.32 bits per heavy atom. The number of aromatic nitrogens is 2. The van der Waals surface area contributed by atoms with Crippen LogP contribution in [0, 0.1) is 19.0 Å². The van der Waals surface area contributed by atoms with Crippen LogP contribution in [0.3, 0.4) is 0 Å². The molecule has 0 saturated carbocycles. The first-order chi connectivity index (χ1) is 29.1. The number of hydrogen-bond acceptors (Lipinski definition) is 3. The fourth-order valence-electron chi connectivity index (χ4n) is 7.15. The Morgan fingerprint density at radius 1 is 0.627 bits per heavy atom. The molecule has 0 bridgehead atoms. The standard InChI is InChI=1S/C33H26NO.C21H22NSi.Ir/c1-33(2,3)26-17-18-34-30(21-26)28-14-8-13-27-29-20-25(15-16-31(29)35-32(27)28)24-12-7-11-23(19-24)22-9-5-4-6-10-22;1-16-10-11-18(14-20(16)17-8-6-5-7-9-17)21-13-12-19(15-22-21)23(2,3)4;/h4-13,15-21H,1-3H3;5-10,12-15H,1-4H3;/q2*-1;/i;1D3;. The third-order valence-corrected chi connectivity index (χ3v) is 12.6. The first-order valence-electron chi connectivity index (χ1n) is 21.2. The van der Waals surface area contributed by atoms with Crippen LogP contribution in [0.15, 0.2) is 168 Å². The molecule has 59 heavy (non-hydrogen) atoms. The molecule has 0 spiro atoms. The van der Waals surface area contributed by atoms with Crippen molar-refractivity contribution in [3.63, 3.8) is 0 Å². The van der Waals surface area contributed by atoms with Crippen molar-refractivity contribution in [3.05, 3.63) is 187 Å². The molecule has 0 aliphatic heterocycles. The van der Waals surface area contributed by atoms with Crippen LogP contribution in [-0.2, 0) is 25.5 Å². The van der Waals surface area contributed by atoms with Crippen LogP contribution in [0.4, 0.5) is 0 Å². The van der Waals surface area contributed by atoms with Gasteiger partial charge in [0.05, 0.1) is 13.7 Å². The van der Waals surface area contributed by atoms with Crippen molar-refractivity contribution >= 4 is 35.2 Å². The molecule has 3 heterocycles. The van der Waals surface area contributed by atoms with E-state index in [9.17, 15) is 0 Å². The van der Waals surface area contributed by atoms with Crippen LogP contribution in [-0.4, -0.2) is 18.0 Å². The predicted molar refractivity (Wildman–Crippen MR) is 247 cm³/mol. The molecule has 0 fully saturated rings. The molecule has 1 radical (unpaired) electrons. The molecule has 0 saturated heterocycles. The molecule has 6 aromatic carbocycles.